The summed E-state index contributed by atoms with van der Waals surface area (Å²) in [6.45, 7) is 2.85. The lowest BCUT2D eigenvalue weighted by Gasteiger charge is -2.19. The normalized spacial score (nSPS) is 12.4. The highest BCUT2D eigenvalue weighted by Gasteiger charge is 2.16. The molecule has 0 saturated carbocycles. The maximum atomic E-state index is 14.0. The molecule has 0 bridgehead atoms. The minimum atomic E-state index is -0.162. The molecule has 0 heterocycles. The van der Waals surface area contributed by atoms with Gasteiger partial charge in [0, 0.05) is 19.6 Å². The molecule has 2 aromatic rings. The smallest absolute Gasteiger partial charge is 0.128 e. The van der Waals surface area contributed by atoms with Gasteiger partial charge in [-0.25, -0.2) is 4.39 Å². The van der Waals surface area contributed by atoms with E-state index >= 15 is 0 Å². The van der Waals surface area contributed by atoms with Crippen LogP contribution in [0, 0.1) is 9.39 Å². The van der Waals surface area contributed by atoms with Gasteiger partial charge in [-0.2, -0.15) is 0 Å². The molecule has 0 aliphatic heterocycles. The number of hydrogen-bond donors (Lipinski definition) is 1. The summed E-state index contributed by atoms with van der Waals surface area (Å²) in [5.41, 5.74) is 1.91. The lowest BCUT2D eigenvalue weighted by atomic mass is 9.98. The SMILES string of the molecule is CCNC(Cc1ccc(I)cc1)c1cc(Br)ccc1F. The summed E-state index contributed by atoms with van der Waals surface area (Å²) in [7, 11) is 0. The van der Waals surface area contributed by atoms with E-state index < -0.39 is 0 Å². The van der Waals surface area contributed by atoms with Crippen molar-refractivity contribution in [2.45, 2.75) is 19.4 Å². The summed E-state index contributed by atoms with van der Waals surface area (Å²) in [5, 5.41) is 3.37. The van der Waals surface area contributed by atoms with Crippen LogP contribution in [-0.2, 0) is 6.42 Å². The molecule has 2 rings (SSSR count). The van der Waals surface area contributed by atoms with Gasteiger partial charge in [0.05, 0.1) is 0 Å². The van der Waals surface area contributed by atoms with Crippen LogP contribution >= 0.6 is 38.5 Å². The van der Waals surface area contributed by atoms with E-state index in [2.05, 4.69) is 68.1 Å². The fourth-order valence-corrected chi connectivity index (χ4v) is 2.91. The summed E-state index contributed by atoms with van der Waals surface area (Å²) in [6, 6.07) is 13.4. The Hall–Kier alpha value is -0.460. The van der Waals surface area contributed by atoms with Crippen LogP contribution in [0.3, 0.4) is 0 Å². The molecule has 0 aliphatic carbocycles. The van der Waals surface area contributed by atoms with Gasteiger partial charge in [-0.3, -0.25) is 0 Å². The average molecular weight is 448 g/mol. The predicted octanol–water partition coefficient (Wildman–Crippen LogP) is 5.09. The topological polar surface area (TPSA) is 12.0 Å². The summed E-state index contributed by atoms with van der Waals surface area (Å²) in [5.74, 6) is -0.162. The molecule has 106 valence electrons. The largest absolute Gasteiger partial charge is 0.310 e. The molecule has 0 radical (unpaired) electrons. The summed E-state index contributed by atoms with van der Waals surface area (Å²) in [6.07, 6.45) is 0.776. The standard InChI is InChI=1S/C16H16BrFIN/c1-2-20-16(9-11-3-6-13(19)7-4-11)14-10-12(17)5-8-15(14)18/h3-8,10,16,20H,2,9H2,1H3. The Morgan fingerprint density at radius 2 is 1.90 bits per heavy atom. The van der Waals surface area contributed by atoms with E-state index in [1.54, 1.807) is 6.07 Å². The molecule has 1 N–H and O–H groups in total. The van der Waals surface area contributed by atoms with Gasteiger partial charge in [-0.15, -0.1) is 0 Å². The van der Waals surface area contributed by atoms with E-state index in [0.29, 0.717) is 5.56 Å². The van der Waals surface area contributed by atoms with Gasteiger partial charge in [0.25, 0.3) is 0 Å². The third kappa shape index (κ3) is 4.27. The van der Waals surface area contributed by atoms with Crippen molar-refractivity contribution in [1.29, 1.82) is 0 Å². The number of rotatable bonds is 5. The van der Waals surface area contributed by atoms with Gasteiger partial charge in [-0.1, -0.05) is 35.0 Å². The molecule has 0 aromatic heterocycles. The van der Waals surface area contributed by atoms with Gasteiger partial charge in [0.15, 0.2) is 0 Å². The van der Waals surface area contributed by atoms with Crippen molar-refractivity contribution in [3.05, 3.63) is 67.5 Å². The minimum absolute atomic E-state index is 0.0161. The van der Waals surface area contributed by atoms with Crippen LogP contribution in [0.25, 0.3) is 0 Å². The van der Waals surface area contributed by atoms with Crippen LogP contribution in [0.5, 0.6) is 0 Å². The monoisotopic (exact) mass is 447 g/mol. The maximum absolute atomic E-state index is 14.0. The second-order valence-electron chi connectivity index (χ2n) is 4.61. The average Bonchev–Trinajstić information content (AvgIpc) is 2.43. The van der Waals surface area contributed by atoms with Crippen molar-refractivity contribution in [2.75, 3.05) is 6.54 Å². The molecule has 0 saturated heterocycles. The summed E-state index contributed by atoms with van der Waals surface area (Å²) in [4.78, 5) is 0. The van der Waals surface area contributed by atoms with E-state index in [4.69, 9.17) is 0 Å². The van der Waals surface area contributed by atoms with E-state index in [0.717, 1.165) is 17.4 Å². The molecule has 2 aromatic carbocycles. The first-order valence-corrected chi connectivity index (χ1v) is 8.40. The third-order valence-corrected chi connectivity index (χ3v) is 4.35. The molecule has 1 atom stereocenters. The zero-order valence-electron chi connectivity index (χ0n) is 11.2. The van der Waals surface area contributed by atoms with E-state index in [1.165, 1.54) is 15.2 Å². The van der Waals surface area contributed by atoms with Gasteiger partial charge in [0.1, 0.15) is 5.82 Å². The van der Waals surface area contributed by atoms with Gasteiger partial charge in [0.2, 0.25) is 0 Å². The lowest BCUT2D eigenvalue weighted by molar-refractivity contribution is 0.509. The minimum Gasteiger partial charge on any atom is -0.310 e. The quantitative estimate of drug-likeness (QED) is 0.629. The zero-order valence-corrected chi connectivity index (χ0v) is 14.9. The molecular formula is C16H16BrFIN. The van der Waals surface area contributed by atoms with Crippen molar-refractivity contribution in [3.8, 4) is 0 Å². The maximum Gasteiger partial charge on any atom is 0.128 e. The molecule has 0 aliphatic rings. The van der Waals surface area contributed by atoms with Crippen molar-refractivity contribution in [3.63, 3.8) is 0 Å². The Morgan fingerprint density at radius 3 is 2.55 bits per heavy atom. The molecule has 1 unspecified atom stereocenters. The van der Waals surface area contributed by atoms with Crippen LogP contribution in [0.15, 0.2) is 46.9 Å². The first kappa shape index (κ1) is 15.9. The van der Waals surface area contributed by atoms with Crippen LogP contribution < -0.4 is 5.32 Å². The first-order chi connectivity index (χ1) is 9.60. The van der Waals surface area contributed by atoms with Gasteiger partial charge in [-0.05, 0) is 71.5 Å². The summed E-state index contributed by atoms with van der Waals surface area (Å²) >= 11 is 5.70. The van der Waals surface area contributed by atoms with E-state index in [-0.39, 0.29) is 11.9 Å². The molecule has 0 fully saturated rings. The molecule has 4 heteroatoms. The number of likely N-dealkylation sites (N-methyl/N-ethyl adjacent to an activating group) is 1. The zero-order chi connectivity index (χ0) is 14.5. The fourth-order valence-electron chi connectivity index (χ4n) is 2.18. The second-order valence-corrected chi connectivity index (χ2v) is 6.77. The number of hydrogen-bond acceptors (Lipinski definition) is 1. The van der Waals surface area contributed by atoms with Crippen molar-refractivity contribution < 1.29 is 4.39 Å². The Bertz CT molecular complexity index is 571. The first-order valence-electron chi connectivity index (χ1n) is 6.53. The molecular weight excluding hydrogens is 432 g/mol. The van der Waals surface area contributed by atoms with Crippen LogP contribution in [0.4, 0.5) is 4.39 Å². The Kier molecular flexibility index (Phi) is 5.99. The van der Waals surface area contributed by atoms with Crippen molar-refractivity contribution in [2.24, 2.45) is 0 Å². The molecule has 20 heavy (non-hydrogen) atoms. The predicted molar refractivity (Wildman–Crippen MR) is 93.4 cm³/mol. The highest BCUT2D eigenvalue weighted by Crippen LogP contribution is 2.25. The van der Waals surface area contributed by atoms with Crippen molar-refractivity contribution >= 4 is 38.5 Å². The van der Waals surface area contributed by atoms with Crippen LogP contribution in [-0.4, -0.2) is 6.54 Å². The molecule has 0 amide bonds. The third-order valence-electron chi connectivity index (χ3n) is 3.14. The number of benzene rings is 2. The highest BCUT2D eigenvalue weighted by molar-refractivity contribution is 14.1. The number of halogens is 3. The Morgan fingerprint density at radius 1 is 1.20 bits per heavy atom. The van der Waals surface area contributed by atoms with E-state index in [9.17, 15) is 4.39 Å². The Labute approximate surface area is 141 Å². The van der Waals surface area contributed by atoms with Gasteiger partial charge < -0.3 is 5.32 Å². The van der Waals surface area contributed by atoms with Crippen LogP contribution in [0.1, 0.15) is 24.1 Å². The summed E-state index contributed by atoms with van der Waals surface area (Å²) < 4.78 is 16.2. The second kappa shape index (κ2) is 7.52. The molecule has 0 spiro atoms. The van der Waals surface area contributed by atoms with E-state index in [1.807, 2.05) is 13.0 Å². The van der Waals surface area contributed by atoms with Crippen molar-refractivity contribution in [1.82, 2.24) is 5.32 Å². The van der Waals surface area contributed by atoms with Gasteiger partial charge >= 0.3 is 0 Å². The molecule has 1 nitrogen and oxygen atoms in total. The Balaban J connectivity index is 2.26. The lowest BCUT2D eigenvalue weighted by Crippen LogP contribution is -2.24. The highest BCUT2D eigenvalue weighted by atomic mass is 127. The number of nitrogens with one attached hydrogen (secondary N) is 1. The fraction of sp³-hybridized carbons (Fsp3) is 0.250. The van der Waals surface area contributed by atoms with Crippen LogP contribution in [0.2, 0.25) is 0 Å².